The molecule has 0 aliphatic rings. The summed E-state index contributed by atoms with van der Waals surface area (Å²) in [5.41, 5.74) is 2.52. The van der Waals surface area contributed by atoms with Crippen molar-refractivity contribution in [1.29, 1.82) is 0 Å². The summed E-state index contributed by atoms with van der Waals surface area (Å²) in [6.07, 6.45) is 19.7. The lowest BCUT2D eigenvalue weighted by molar-refractivity contribution is 0.524. The van der Waals surface area contributed by atoms with Gasteiger partial charge in [0.2, 0.25) is 0 Å². The highest BCUT2D eigenvalue weighted by atomic mass is 32.1. The molecule has 0 aliphatic carbocycles. The minimum absolute atomic E-state index is 0.950. The maximum Gasteiger partial charge on any atom is 0.180 e. The highest BCUT2D eigenvalue weighted by molar-refractivity contribution is 7.71. The molecule has 152 valence electrons. The van der Waals surface area contributed by atoms with Crippen molar-refractivity contribution in [2.24, 2.45) is 7.05 Å². The Bertz CT molecular complexity index is 698. The van der Waals surface area contributed by atoms with Gasteiger partial charge >= 0.3 is 0 Å². The quantitative estimate of drug-likeness (QED) is 0.221. The summed E-state index contributed by atoms with van der Waals surface area (Å²) in [7, 11) is 2.08. The number of aryl methyl sites for hydroxylation is 2. The summed E-state index contributed by atoms with van der Waals surface area (Å²) in [6.45, 7) is 3.34. The third kappa shape index (κ3) is 7.44. The standard InChI is InChI=1S/C24H40N2S/c1-3-4-5-6-7-8-9-10-11-12-13-14-15-18-21-26-23-20-17-16-19-22(23)25(2)24(26)27/h16-17,19-20H,3-15,18,21H2,1-2H3. The second-order valence-corrected chi connectivity index (χ2v) is 8.44. The third-order valence-corrected chi connectivity index (χ3v) is 6.28. The van der Waals surface area contributed by atoms with E-state index in [9.17, 15) is 0 Å². The number of hydrogen-bond donors (Lipinski definition) is 0. The summed E-state index contributed by atoms with van der Waals surface area (Å²) in [4.78, 5) is 0. The molecule has 1 aromatic heterocycles. The highest BCUT2D eigenvalue weighted by Gasteiger charge is 2.06. The number of nitrogens with zero attached hydrogens (tertiary/aromatic N) is 2. The maximum absolute atomic E-state index is 5.62. The van der Waals surface area contributed by atoms with Gasteiger partial charge in [0.05, 0.1) is 11.0 Å². The smallest absolute Gasteiger partial charge is 0.180 e. The Hall–Kier alpha value is -1.09. The van der Waals surface area contributed by atoms with Crippen LogP contribution in [0.5, 0.6) is 0 Å². The van der Waals surface area contributed by atoms with Crippen molar-refractivity contribution < 1.29 is 0 Å². The second-order valence-electron chi connectivity index (χ2n) is 8.08. The van der Waals surface area contributed by atoms with Gasteiger partial charge in [-0.3, -0.25) is 0 Å². The minimum atomic E-state index is 0.950. The molecule has 0 aliphatic heterocycles. The van der Waals surface area contributed by atoms with Gasteiger partial charge in [0.1, 0.15) is 0 Å². The molecule has 0 spiro atoms. The van der Waals surface area contributed by atoms with Crippen LogP contribution in [0.2, 0.25) is 0 Å². The molecule has 1 heterocycles. The Morgan fingerprint density at radius 2 is 1.11 bits per heavy atom. The van der Waals surface area contributed by atoms with Gasteiger partial charge in [-0.2, -0.15) is 0 Å². The van der Waals surface area contributed by atoms with Gasteiger partial charge in [0.15, 0.2) is 4.77 Å². The fourth-order valence-corrected chi connectivity index (χ4v) is 4.33. The van der Waals surface area contributed by atoms with Crippen molar-refractivity contribution in [2.45, 2.75) is 103 Å². The number of imidazole rings is 1. The molecule has 3 heteroatoms. The molecule has 0 N–H and O–H groups in total. The van der Waals surface area contributed by atoms with Crippen LogP contribution in [-0.2, 0) is 13.6 Å². The van der Waals surface area contributed by atoms with Gasteiger partial charge in [-0.25, -0.2) is 0 Å². The molecular weight excluding hydrogens is 348 g/mol. The predicted molar refractivity (Wildman–Crippen MR) is 122 cm³/mol. The molecule has 0 saturated heterocycles. The fraction of sp³-hybridized carbons (Fsp3) is 0.708. The molecule has 0 saturated carbocycles. The van der Waals surface area contributed by atoms with Gasteiger partial charge in [-0.15, -0.1) is 0 Å². The van der Waals surface area contributed by atoms with Crippen molar-refractivity contribution in [1.82, 2.24) is 9.13 Å². The van der Waals surface area contributed by atoms with Gasteiger partial charge in [-0.1, -0.05) is 103 Å². The van der Waals surface area contributed by atoms with Crippen LogP contribution in [0.25, 0.3) is 11.0 Å². The van der Waals surface area contributed by atoms with Crippen molar-refractivity contribution >= 4 is 23.3 Å². The van der Waals surface area contributed by atoms with Gasteiger partial charge in [-0.05, 0) is 30.8 Å². The Labute approximate surface area is 172 Å². The number of fused-ring (bicyclic) bond motifs is 1. The first-order valence-electron chi connectivity index (χ1n) is 11.4. The summed E-state index contributed by atoms with van der Waals surface area (Å²) >= 11 is 5.62. The summed E-state index contributed by atoms with van der Waals surface area (Å²) < 4.78 is 5.39. The maximum atomic E-state index is 5.62. The van der Waals surface area contributed by atoms with Crippen LogP contribution in [-0.4, -0.2) is 9.13 Å². The first-order chi connectivity index (χ1) is 13.3. The van der Waals surface area contributed by atoms with E-state index in [2.05, 4.69) is 47.4 Å². The zero-order chi connectivity index (χ0) is 19.3. The van der Waals surface area contributed by atoms with E-state index < -0.39 is 0 Å². The largest absolute Gasteiger partial charge is 0.320 e. The number of hydrogen-bond acceptors (Lipinski definition) is 1. The first-order valence-corrected chi connectivity index (χ1v) is 11.8. The molecule has 2 nitrogen and oxygen atoms in total. The number of unbranched alkanes of at least 4 members (excludes halogenated alkanes) is 13. The number of para-hydroxylation sites is 2. The SMILES string of the molecule is CCCCCCCCCCCCCCCCn1c(=S)n(C)c2ccccc21. The molecule has 0 radical (unpaired) electrons. The van der Waals surface area contributed by atoms with E-state index in [1.165, 1.54) is 101 Å². The van der Waals surface area contributed by atoms with E-state index in [1.807, 2.05) is 0 Å². The summed E-state index contributed by atoms with van der Waals surface area (Å²) in [5, 5.41) is 0. The van der Waals surface area contributed by atoms with E-state index in [1.54, 1.807) is 0 Å². The van der Waals surface area contributed by atoms with E-state index in [-0.39, 0.29) is 0 Å². The van der Waals surface area contributed by atoms with Crippen molar-refractivity contribution in [3.8, 4) is 0 Å². The Morgan fingerprint density at radius 3 is 1.63 bits per heavy atom. The number of benzene rings is 1. The average molecular weight is 389 g/mol. The number of aromatic nitrogens is 2. The van der Waals surface area contributed by atoms with Crippen molar-refractivity contribution in [3.63, 3.8) is 0 Å². The molecular formula is C24H40N2S. The van der Waals surface area contributed by atoms with Gasteiger partial charge in [0, 0.05) is 13.6 Å². The molecule has 0 fully saturated rings. The molecule has 0 amide bonds. The first kappa shape index (κ1) is 22.2. The third-order valence-electron chi connectivity index (χ3n) is 5.79. The van der Waals surface area contributed by atoms with E-state index >= 15 is 0 Å². The average Bonchev–Trinajstić information content (AvgIpc) is 2.93. The molecule has 0 bridgehead atoms. The summed E-state index contributed by atoms with van der Waals surface area (Å²) in [6, 6.07) is 8.55. The normalized spacial score (nSPS) is 11.5. The van der Waals surface area contributed by atoms with E-state index in [4.69, 9.17) is 12.2 Å². The fourth-order valence-electron chi connectivity index (χ4n) is 4.04. The lowest BCUT2D eigenvalue weighted by Gasteiger charge is -2.05. The monoisotopic (exact) mass is 388 g/mol. The molecule has 1 aromatic carbocycles. The zero-order valence-electron chi connectivity index (χ0n) is 17.7. The highest BCUT2D eigenvalue weighted by Crippen LogP contribution is 2.18. The van der Waals surface area contributed by atoms with Crippen LogP contribution in [0.15, 0.2) is 24.3 Å². The predicted octanol–water partition coefficient (Wildman–Crippen LogP) is 8.19. The zero-order valence-corrected chi connectivity index (χ0v) is 18.5. The molecule has 27 heavy (non-hydrogen) atoms. The lowest BCUT2D eigenvalue weighted by Crippen LogP contribution is -1.99. The van der Waals surface area contributed by atoms with Crippen molar-refractivity contribution in [2.75, 3.05) is 0 Å². The Morgan fingerprint density at radius 1 is 0.667 bits per heavy atom. The van der Waals surface area contributed by atoms with E-state index in [0.29, 0.717) is 0 Å². The van der Waals surface area contributed by atoms with Crippen LogP contribution in [0.4, 0.5) is 0 Å². The summed E-state index contributed by atoms with van der Waals surface area (Å²) in [5.74, 6) is 0. The minimum Gasteiger partial charge on any atom is -0.320 e. The van der Waals surface area contributed by atoms with Crippen LogP contribution in [0.1, 0.15) is 96.8 Å². The Balaban J connectivity index is 1.49. The van der Waals surface area contributed by atoms with Gasteiger partial charge < -0.3 is 9.13 Å². The van der Waals surface area contributed by atoms with E-state index in [0.717, 1.165) is 11.3 Å². The molecule has 0 atom stereocenters. The molecule has 2 rings (SSSR count). The van der Waals surface area contributed by atoms with Crippen LogP contribution >= 0.6 is 12.2 Å². The topological polar surface area (TPSA) is 9.86 Å². The molecule has 0 unspecified atom stereocenters. The second kappa shape index (κ2) is 13.1. The van der Waals surface area contributed by atoms with Crippen LogP contribution in [0, 0.1) is 4.77 Å². The van der Waals surface area contributed by atoms with Gasteiger partial charge in [0.25, 0.3) is 0 Å². The van der Waals surface area contributed by atoms with Crippen LogP contribution < -0.4 is 0 Å². The van der Waals surface area contributed by atoms with Crippen LogP contribution in [0.3, 0.4) is 0 Å². The van der Waals surface area contributed by atoms with Crippen molar-refractivity contribution in [3.05, 3.63) is 29.0 Å². The Kier molecular flexibility index (Phi) is 10.8. The lowest BCUT2D eigenvalue weighted by atomic mass is 10.0. The molecule has 2 aromatic rings. The number of rotatable bonds is 15.